The predicted octanol–water partition coefficient (Wildman–Crippen LogP) is 6.50. The molecule has 3 nitrogen and oxygen atoms in total. The molecular weight excluding hydrogens is 350 g/mol. The van der Waals surface area contributed by atoms with Gasteiger partial charge in [-0.15, -0.1) is 17.9 Å². The van der Waals surface area contributed by atoms with Crippen LogP contribution in [-0.2, 0) is 0 Å². The molecule has 4 aromatic rings. The number of rotatable bonds is 0. The second-order valence-electron chi connectivity index (χ2n) is 6.76. The second-order valence-corrected chi connectivity index (χ2v) is 8.25. The predicted molar refractivity (Wildman–Crippen MR) is 122 cm³/mol. The van der Waals surface area contributed by atoms with Gasteiger partial charge in [0, 0.05) is 31.9 Å². The number of aromatic nitrogens is 1. The van der Waals surface area contributed by atoms with Gasteiger partial charge in [-0.1, -0.05) is 17.7 Å². The maximum absolute atomic E-state index is 5.73. The van der Waals surface area contributed by atoms with E-state index in [4.69, 9.17) is 11.5 Å². The Balaban J connectivity index is 0.000000198. The monoisotopic (exact) mass is 377 g/mol. The van der Waals surface area contributed by atoms with Crippen molar-refractivity contribution in [2.24, 2.45) is 0 Å². The Bertz CT molecular complexity index is 986. The van der Waals surface area contributed by atoms with Crippen molar-refractivity contribution >= 4 is 44.5 Å². The first-order chi connectivity index (χ1) is 12.7. The van der Waals surface area contributed by atoms with E-state index < -0.39 is 0 Å². The fourth-order valence-electron chi connectivity index (χ4n) is 2.41. The zero-order valence-electron chi connectivity index (χ0n) is 16.4. The van der Waals surface area contributed by atoms with Gasteiger partial charge in [-0.2, -0.15) is 0 Å². The lowest BCUT2D eigenvalue weighted by molar-refractivity contribution is 1.42. The third-order valence-electron chi connectivity index (χ3n) is 3.54. The van der Waals surface area contributed by atoms with E-state index in [1.54, 1.807) is 0 Å². The summed E-state index contributed by atoms with van der Waals surface area (Å²) in [4.78, 5) is 7.34. The van der Waals surface area contributed by atoms with Crippen LogP contribution in [0.25, 0.3) is 21.8 Å². The quantitative estimate of drug-likeness (QED) is 0.209. The van der Waals surface area contributed by atoms with Gasteiger partial charge in [0.2, 0.25) is 0 Å². The molecule has 4 rings (SSSR count). The van der Waals surface area contributed by atoms with E-state index in [1.165, 1.54) is 15.3 Å². The van der Waals surface area contributed by atoms with Crippen LogP contribution in [0.3, 0.4) is 0 Å². The molecule has 0 amide bonds. The Labute approximate surface area is 165 Å². The SMILES string of the molecule is C=C(C)C.Cc1ccc(C)s1.Nc1ccc2cc3ccc(N)cc3nc2c1. The van der Waals surface area contributed by atoms with Gasteiger partial charge < -0.3 is 11.5 Å². The minimum absolute atomic E-state index is 0.725. The van der Waals surface area contributed by atoms with E-state index in [2.05, 4.69) is 43.6 Å². The van der Waals surface area contributed by atoms with Gasteiger partial charge in [-0.05, 0) is 70.2 Å². The van der Waals surface area contributed by atoms with Gasteiger partial charge in [0.1, 0.15) is 0 Å². The second kappa shape index (κ2) is 9.19. The summed E-state index contributed by atoms with van der Waals surface area (Å²) in [5.41, 5.74) is 15.9. The van der Waals surface area contributed by atoms with Gasteiger partial charge in [-0.25, -0.2) is 4.98 Å². The molecule has 0 fully saturated rings. The number of pyridine rings is 1. The molecule has 0 spiro atoms. The lowest BCUT2D eigenvalue weighted by Crippen LogP contribution is -1.89. The highest BCUT2D eigenvalue weighted by molar-refractivity contribution is 7.11. The highest BCUT2D eigenvalue weighted by Crippen LogP contribution is 2.22. The third-order valence-corrected chi connectivity index (χ3v) is 4.45. The van der Waals surface area contributed by atoms with Crippen LogP contribution >= 0.6 is 11.3 Å². The molecule has 0 aliphatic carbocycles. The van der Waals surface area contributed by atoms with Crippen molar-refractivity contribution in [2.75, 3.05) is 11.5 Å². The van der Waals surface area contributed by atoms with Gasteiger partial charge in [0.25, 0.3) is 0 Å². The first-order valence-corrected chi connectivity index (χ1v) is 9.57. The number of hydrogen-bond acceptors (Lipinski definition) is 4. The maximum atomic E-state index is 5.73. The fourth-order valence-corrected chi connectivity index (χ4v) is 3.19. The summed E-state index contributed by atoms with van der Waals surface area (Å²) in [6.45, 7) is 11.7. The molecule has 27 heavy (non-hydrogen) atoms. The molecule has 2 aromatic carbocycles. The molecule has 0 saturated carbocycles. The van der Waals surface area contributed by atoms with Crippen LogP contribution in [-0.4, -0.2) is 4.98 Å². The standard InChI is InChI=1S/C13H11N3.C6H8S.C4H8/c14-10-3-1-8-5-9-2-4-11(15)7-13(9)16-12(8)6-10;1-5-3-4-6(2)7-5;1-4(2)3/h1-7H,14-15H2;3-4H,1-2H3;1H2,2-3H3. The van der Waals surface area contributed by atoms with Crippen molar-refractivity contribution < 1.29 is 0 Å². The first kappa shape index (κ1) is 20.5. The molecule has 0 aliphatic rings. The Morgan fingerprint density at radius 1 is 0.778 bits per heavy atom. The average molecular weight is 378 g/mol. The molecule has 0 bridgehead atoms. The van der Waals surface area contributed by atoms with Crippen LogP contribution in [0.5, 0.6) is 0 Å². The zero-order valence-corrected chi connectivity index (χ0v) is 17.2. The molecule has 140 valence electrons. The normalized spacial score (nSPS) is 9.93. The van der Waals surface area contributed by atoms with Crippen molar-refractivity contribution in [2.45, 2.75) is 27.7 Å². The molecule has 2 heterocycles. The van der Waals surface area contributed by atoms with Crippen molar-refractivity contribution in [3.63, 3.8) is 0 Å². The highest BCUT2D eigenvalue weighted by atomic mass is 32.1. The van der Waals surface area contributed by atoms with E-state index in [-0.39, 0.29) is 0 Å². The van der Waals surface area contributed by atoms with Crippen LogP contribution in [0.15, 0.2) is 66.7 Å². The number of hydrogen-bond donors (Lipinski definition) is 2. The average Bonchev–Trinajstić information content (AvgIpc) is 2.96. The summed E-state index contributed by atoms with van der Waals surface area (Å²) >= 11 is 1.84. The largest absolute Gasteiger partial charge is 0.399 e. The number of benzene rings is 2. The lowest BCUT2D eigenvalue weighted by atomic mass is 10.1. The molecule has 4 N–H and O–H groups in total. The van der Waals surface area contributed by atoms with E-state index in [0.717, 1.165) is 33.2 Å². The number of nitrogens with two attached hydrogens (primary N) is 2. The minimum atomic E-state index is 0.725. The molecule has 0 saturated heterocycles. The van der Waals surface area contributed by atoms with Crippen LogP contribution in [0, 0.1) is 13.8 Å². The minimum Gasteiger partial charge on any atom is -0.399 e. The Kier molecular flexibility index (Phi) is 6.97. The van der Waals surface area contributed by atoms with Crippen molar-refractivity contribution in [1.29, 1.82) is 0 Å². The van der Waals surface area contributed by atoms with Crippen molar-refractivity contribution in [1.82, 2.24) is 4.98 Å². The van der Waals surface area contributed by atoms with Gasteiger partial charge >= 0.3 is 0 Å². The van der Waals surface area contributed by atoms with Gasteiger partial charge in [0.15, 0.2) is 0 Å². The first-order valence-electron chi connectivity index (χ1n) is 8.75. The summed E-state index contributed by atoms with van der Waals surface area (Å²) in [7, 11) is 0. The number of anilines is 2. The number of allylic oxidation sites excluding steroid dienone is 1. The van der Waals surface area contributed by atoms with E-state index in [0.29, 0.717) is 0 Å². The van der Waals surface area contributed by atoms with E-state index >= 15 is 0 Å². The summed E-state index contributed by atoms with van der Waals surface area (Å²) in [6, 6.07) is 17.8. The summed E-state index contributed by atoms with van der Waals surface area (Å²) in [5.74, 6) is 0. The van der Waals surface area contributed by atoms with Gasteiger partial charge in [-0.3, -0.25) is 0 Å². The number of thiophene rings is 1. The number of fused-ring (bicyclic) bond motifs is 2. The summed E-state index contributed by atoms with van der Waals surface area (Å²) in [6.07, 6.45) is 0. The molecule has 4 heteroatoms. The Morgan fingerprint density at radius 3 is 1.52 bits per heavy atom. The van der Waals surface area contributed by atoms with Crippen LogP contribution < -0.4 is 11.5 Å². The highest BCUT2D eigenvalue weighted by Gasteiger charge is 2.00. The Hall–Kier alpha value is -2.85. The third kappa shape index (κ3) is 6.42. The number of aryl methyl sites for hydroxylation is 2. The molecular formula is C23H27N3S. The molecule has 0 unspecified atom stereocenters. The smallest absolute Gasteiger partial charge is 0.0730 e. The number of nitrogens with zero attached hydrogens (tertiary/aromatic N) is 1. The summed E-state index contributed by atoms with van der Waals surface area (Å²) < 4.78 is 0. The molecule has 0 aliphatic heterocycles. The fraction of sp³-hybridized carbons (Fsp3) is 0.174. The zero-order chi connectivity index (χ0) is 20.0. The van der Waals surface area contributed by atoms with Crippen LogP contribution in [0.4, 0.5) is 11.4 Å². The van der Waals surface area contributed by atoms with E-state index in [9.17, 15) is 0 Å². The molecule has 0 radical (unpaired) electrons. The summed E-state index contributed by atoms with van der Waals surface area (Å²) in [5, 5.41) is 2.18. The van der Waals surface area contributed by atoms with Crippen molar-refractivity contribution in [3.8, 4) is 0 Å². The van der Waals surface area contributed by atoms with E-state index in [1.807, 2.05) is 61.6 Å². The molecule has 0 atom stereocenters. The topological polar surface area (TPSA) is 64.9 Å². The van der Waals surface area contributed by atoms with Crippen molar-refractivity contribution in [3.05, 3.63) is 76.5 Å². The number of nitrogen functional groups attached to an aromatic ring is 2. The lowest BCUT2D eigenvalue weighted by Gasteiger charge is -2.03. The Morgan fingerprint density at radius 2 is 1.19 bits per heavy atom. The van der Waals surface area contributed by atoms with Crippen LogP contribution in [0.1, 0.15) is 23.6 Å². The van der Waals surface area contributed by atoms with Crippen LogP contribution in [0.2, 0.25) is 0 Å². The maximum Gasteiger partial charge on any atom is 0.0730 e. The van der Waals surface area contributed by atoms with Gasteiger partial charge in [0.05, 0.1) is 11.0 Å². The molecule has 2 aromatic heterocycles.